The maximum absolute atomic E-state index is 10.8. The molecule has 1 N–H and O–H groups in total. The molecular weight excluding hydrogens is 232 g/mol. The van der Waals surface area contributed by atoms with Crippen LogP contribution in [0.25, 0.3) is 0 Å². The summed E-state index contributed by atoms with van der Waals surface area (Å²) in [5.41, 5.74) is 0.905. The summed E-state index contributed by atoms with van der Waals surface area (Å²) in [6.07, 6.45) is 1.66. The third-order valence-electron chi connectivity index (χ3n) is 2.42. The van der Waals surface area contributed by atoms with Gasteiger partial charge in [0.15, 0.2) is 0 Å². The maximum atomic E-state index is 10.8. The summed E-state index contributed by atoms with van der Waals surface area (Å²) in [4.78, 5) is 16.8. The third kappa shape index (κ3) is 4.71. The number of carboxylic acids is 1. The Hall–Kier alpha value is -1.62. The minimum atomic E-state index is -0.821. The molecule has 0 saturated carbocycles. The van der Waals surface area contributed by atoms with E-state index in [2.05, 4.69) is 18.8 Å². The highest BCUT2D eigenvalue weighted by Gasteiger charge is 2.14. The van der Waals surface area contributed by atoms with Crippen LogP contribution >= 0.6 is 0 Å². The fourth-order valence-electron chi connectivity index (χ4n) is 1.86. The van der Waals surface area contributed by atoms with Gasteiger partial charge in [-0.2, -0.15) is 0 Å². The first-order valence-corrected chi connectivity index (χ1v) is 5.95. The minimum Gasteiger partial charge on any atom is -0.481 e. The minimum absolute atomic E-state index is 0.0240. The predicted octanol–water partition coefficient (Wildman–Crippen LogP) is 1.63. The highest BCUT2D eigenvalue weighted by molar-refractivity contribution is 5.69. The Labute approximate surface area is 107 Å². The molecule has 1 rings (SSSR count). The van der Waals surface area contributed by atoms with Crippen LogP contribution in [0.2, 0.25) is 0 Å². The molecule has 5 heteroatoms. The molecule has 0 saturated heterocycles. The molecule has 5 nitrogen and oxygen atoms in total. The smallest absolute Gasteiger partial charge is 0.317 e. The SMILES string of the molecule is COc1ncccc1CN(CC(=O)O)CC(C)C. The molecule has 0 aliphatic rings. The summed E-state index contributed by atoms with van der Waals surface area (Å²) in [5.74, 6) is 0.141. The summed E-state index contributed by atoms with van der Waals surface area (Å²) in [6, 6.07) is 3.73. The number of pyridine rings is 1. The van der Waals surface area contributed by atoms with E-state index in [1.54, 1.807) is 13.3 Å². The van der Waals surface area contributed by atoms with Gasteiger partial charge in [0.25, 0.3) is 0 Å². The zero-order chi connectivity index (χ0) is 13.5. The fourth-order valence-corrected chi connectivity index (χ4v) is 1.86. The van der Waals surface area contributed by atoms with Crippen molar-refractivity contribution < 1.29 is 14.6 Å². The van der Waals surface area contributed by atoms with E-state index >= 15 is 0 Å². The highest BCUT2D eigenvalue weighted by Crippen LogP contribution is 2.16. The summed E-state index contributed by atoms with van der Waals surface area (Å²) >= 11 is 0. The Morgan fingerprint density at radius 3 is 2.83 bits per heavy atom. The summed E-state index contributed by atoms with van der Waals surface area (Å²) in [7, 11) is 1.57. The van der Waals surface area contributed by atoms with E-state index in [9.17, 15) is 4.79 Å². The molecule has 0 radical (unpaired) electrons. The molecule has 0 unspecified atom stereocenters. The van der Waals surface area contributed by atoms with E-state index in [0.29, 0.717) is 18.3 Å². The Morgan fingerprint density at radius 2 is 2.28 bits per heavy atom. The van der Waals surface area contributed by atoms with Gasteiger partial charge in [0.05, 0.1) is 13.7 Å². The third-order valence-corrected chi connectivity index (χ3v) is 2.42. The van der Waals surface area contributed by atoms with Gasteiger partial charge in [-0.1, -0.05) is 19.9 Å². The number of carboxylic acid groups (broad SMARTS) is 1. The number of nitrogens with zero attached hydrogens (tertiary/aromatic N) is 2. The lowest BCUT2D eigenvalue weighted by molar-refractivity contribution is -0.138. The van der Waals surface area contributed by atoms with Crippen LogP contribution in [0.15, 0.2) is 18.3 Å². The molecule has 18 heavy (non-hydrogen) atoms. The number of carbonyl (C=O) groups is 1. The molecule has 0 fully saturated rings. The number of aliphatic carboxylic acids is 1. The second-order valence-electron chi connectivity index (χ2n) is 4.63. The van der Waals surface area contributed by atoms with Crippen LogP contribution in [0.4, 0.5) is 0 Å². The average molecular weight is 252 g/mol. The number of hydrogen-bond donors (Lipinski definition) is 1. The lowest BCUT2D eigenvalue weighted by atomic mass is 10.2. The summed E-state index contributed by atoms with van der Waals surface area (Å²) in [6.45, 7) is 5.41. The van der Waals surface area contributed by atoms with Crippen molar-refractivity contribution in [3.63, 3.8) is 0 Å². The number of aromatic nitrogens is 1. The van der Waals surface area contributed by atoms with Crippen molar-refractivity contribution in [1.29, 1.82) is 0 Å². The van der Waals surface area contributed by atoms with Crippen LogP contribution in [0.1, 0.15) is 19.4 Å². The molecule has 1 heterocycles. The molecule has 0 atom stereocenters. The van der Waals surface area contributed by atoms with Crippen LogP contribution in [-0.2, 0) is 11.3 Å². The van der Waals surface area contributed by atoms with Crippen LogP contribution in [0, 0.1) is 5.92 Å². The molecular formula is C13H20N2O3. The van der Waals surface area contributed by atoms with E-state index in [1.165, 1.54) is 0 Å². The van der Waals surface area contributed by atoms with E-state index in [4.69, 9.17) is 9.84 Å². The van der Waals surface area contributed by atoms with Gasteiger partial charge < -0.3 is 9.84 Å². The maximum Gasteiger partial charge on any atom is 0.317 e. The molecule has 0 aromatic carbocycles. The zero-order valence-corrected chi connectivity index (χ0v) is 11.1. The first-order chi connectivity index (χ1) is 8.52. The van der Waals surface area contributed by atoms with E-state index in [0.717, 1.165) is 12.1 Å². The van der Waals surface area contributed by atoms with Gasteiger partial charge in [0, 0.05) is 24.8 Å². The van der Waals surface area contributed by atoms with Crippen LogP contribution in [-0.4, -0.2) is 41.2 Å². The van der Waals surface area contributed by atoms with Gasteiger partial charge in [-0.05, 0) is 12.0 Å². The molecule has 0 bridgehead atoms. The van der Waals surface area contributed by atoms with Crippen molar-refractivity contribution in [2.45, 2.75) is 20.4 Å². The standard InChI is InChI=1S/C13H20N2O3/c1-10(2)7-15(9-12(16)17)8-11-5-4-6-14-13(11)18-3/h4-6,10H,7-9H2,1-3H3,(H,16,17). The first kappa shape index (κ1) is 14.4. The predicted molar refractivity (Wildman–Crippen MR) is 68.5 cm³/mol. The average Bonchev–Trinajstić information content (AvgIpc) is 2.27. The summed E-state index contributed by atoms with van der Waals surface area (Å²) in [5, 5.41) is 8.91. The van der Waals surface area contributed by atoms with Crippen molar-refractivity contribution >= 4 is 5.97 Å². The van der Waals surface area contributed by atoms with Gasteiger partial charge in [0.2, 0.25) is 5.88 Å². The Morgan fingerprint density at radius 1 is 1.56 bits per heavy atom. The number of methoxy groups -OCH3 is 1. The molecule has 1 aromatic heterocycles. The number of rotatable bonds is 7. The largest absolute Gasteiger partial charge is 0.481 e. The highest BCUT2D eigenvalue weighted by atomic mass is 16.5. The van der Waals surface area contributed by atoms with Crippen molar-refractivity contribution in [1.82, 2.24) is 9.88 Å². The van der Waals surface area contributed by atoms with Crippen LogP contribution in [0.3, 0.4) is 0 Å². The topological polar surface area (TPSA) is 62.7 Å². The van der Waals surface area contributed by atoms with Gasteiger partial charge >= 0.3 is 5.97 Å². The lowest BCUT2D eigenvalue weighted by Crippen LogP contribution is -2.32. The number of hydrogen-bond acceptors (Lipinski definition) is 4. The Balaban J connectivity index is 2.77. The molecule has 1 aromatic rings. The lowest BCUT2D eigenvalue weighted by Gasteiger charge is -2.22. The van der Waals surface area contributed by atoms with Crippen molar-refractivity contribution in [2.24, 2.45) is 5.92 Å². The van der Waals surface area contributed by atoms with E-state index in [1.807, 2.05) is 17.0 Å². The first-order valence-electron chi connectivity index (χ1n) is 5.95. The van der Waals surface area contributed by atoms with Crippen molar-refractivity contribution in [3.8, 4) is 5.88 Å². The van der Waals surface area contributed by atoms with Gasteiger partial charge in [-0.3, -0.25) is 9.69 Å². The molecule has 0 amide bonds. The quantitative estimate of drug-likeness (QED) is 0.799. The van der Waals surface area contributed by atoms with E-state index < -0.39 is 5.97 Å². The molecule has 0 spiro atoms. The monoisotopic (exact) mass is 252 g/mol. The van der Waals surface area contributed by atoms with Crippen molar-refractivity contribution in [3.05, 3.63) is 23.9 Å². The molecule has 0 aliphatic heterocycles. The zero-order valence-electron chi connectivity index (χ0n) is 11.1. The van der Waals surface area contributed by atoms with E-state index in [-0.39, 0.29) is 6.54 Å². The number of ether oxygens (including phenoxy) is 1. The van der Waals surface area contributed by atoms with Gasteiger partial charge in [-0.25, -0.2) is 4.98 Å². The second kappa shape index (κ2) is 6.96. The second-order valence-corrected chi connectivity index (χ2v) is 4.63. The normalized spacial score (nSPS) is 10.9. The van der Waals surface area contributed by atoms with Gasteiger partial charge in [0.1, 0.15) is 0 Å². The summed E-state index contributed by atoms with van der Waals surface area (Å²) < 4.78 is 5.17. The molecule has 100 valence electrons. The Kier molecular flexibility index (Phi) is 5.58. The Bertz CT molecular complexity index is 394. The van der Waals surface area contributed by atoms with Gasteiger partial charge in [-0.15, -0.1) is 0 Å². The molecule has 0 aliphatic carbocycles. The van der Waals surface area contributed by atoms with Crippen LogP contribution < -0.4 is 4.74 Å². The fraction of sp³-hybridized carbons (Fsp3) is 0.538. The van der Waals surface area contributed by atoms with Crippen molar-refractivity contribution in [2.75, 3.05) is 20.2 Å². The van der Waals surface area contributed by atoms with Crippen LogP contribution in [0.5, 0.6) is 5.88 Å².